The average Bonchev–Trinajstić information content (AvgIpc) is 2.86. The number of benzene rings is 1. The number of anilines is 1. The number of aryl methyl sites for hydroxylation is 2. The minimum atomic E-state index is 0.779. The SMILES string of the molecule is Cc1cc(-c2[nH]ccc2Cl)cc(C)c1N1CCN(C)CC1. The molecular formula is C17H22ClN3. The van der Waals surface area contributed by atoms with Gasteiger partial charge in [0, 0.05) is 43.6 Å². The normalized spacial score (nSPS) is 16.5. The third kappa shape index (κ3) is 2.81. The van der Waals surface area contributed by atoms with Gasteiger partial charge in [0.15, 0.2) is 0 Å². The minimum Gasteiger partial charge on any atom is -0.369 e. The van der Waals surface area contributed by atoms with Crippen molar-refractivity contribution < 1.29 is 0 Å². The van der Waals surface area contributed by atoms with Gasteiger partial charge in [-0.05, 0) is 50.2 Å². The Morgan fingerprint density at radius 2 is 1.67 bits per heavy atom. The van der Waals surface area contributed by atoms with Gasteiger partial charge in [-0.25, -0.2) is 0 Å². The van der Waals surface area contributed by atoms with E-state index in [2.05, 4.69) is 47.8 Å². The highest BCUT2D eigenvalue weighted by Crippen LogP contribution is 2.33. The van der Waals surface area contributed by atoms with Crippen LogP contribution in [0.2, 0.25) is 5.02 Å². The van der Waals surface area contributed by atoms with Crippen LogP contribution in [0.4, 0.5) is 5.69 Å². The molecule has 1 aliphatic heterocycles. The first-order chi connectivity index (χ1) is 10.1. The second-order valence-corrected chi connectivity index (χ2v) is 6.36. The predicted molar refractivity (Wildman–Crippen MR) is 90.4 cm³/mol. The van der Waals surface area contributed by atoms with Crippen LogP contribution >= 0.6 is 11.6 Å². The molecule has 0 saturated carbocycles. The number of aromatic amines is 1. The second kappa shape index (κ2) is 5.74. The number of rotatable bonds is 2. The number of nitrogens with one attached hydrogen (secondary N) is 1. The molecule has 2 heterocycles. The molecule has 3 rings (SSSR count). The third-order valence-corrected chi connectivity index (χ3v) is 4.61. The molecule has 1 aromatic heterocycles. The Labute approximate surface area is 131 Å². The van der Waals surface area contributed by atoms with Crippen molar-refractivity contribution in [3.05, 3.63) is 40.5 Å². The standard InChI is InChI=1S/C17H22ClN3/c1-12-10-14(16-15(18)4-5-19-16)11-13(2)17(12)21-8-6-20(3)7-9-21/h4-5,10-11,19H,6-9H2,1-3H3. The van der Waals surface area contributed by atoms with Gasteiger partial charge < -0.3 is 14.8 Å². The summed E-state index contributed by atoms with van der Waals surface area (Å²) in [5.41, 5.74) is 6.20. The Morgan fingerprint density at radius 3 is 2.19 bits per heavy atom. The molecule has 1 aromatic carbocycles. The average molecular weight is 304 g/mol. The fraction of sp³-hybridized carbons (Fsp3) is 0.412. The lowest BCUT2D eigenvalue weighted by molar-refractivity contribution is 0.312. The molecule has 0 spiro atoms. The van der Waals surface area contributed by atoms with Crippen LogP contribution in [0.3, 0.4) is 0 Å². The lowest BCUT2D eigenvalue weighted by Crippen LogP contribution is -2.45. The van der Waals surface area contributed by atoms with Gasteiger partial charge >= 0.3 is 0 Å². The van der Waals surface area contributed by atoms with Crippen LogP contribution in [0.25, 0.3) is 11.3 Å². The molecule has 0 amide bonds. The van der Waals surface area contributed by atoms with Crippen molar-refractivity contribution in [1.29, 1.82) is 0 Å². The van der Waals surface area contributed by atoms with Crippen molar-refractivity contribution in [2.45, 2.75) is 13.8 Å². The highest BCUT2D eigenvalue weighted by molar-refractivity contribution is 6.33. The molecule has 112 valence electrons. The Kier molecular flexibility index (Phi) is 3.96. The smallest absolute Gasteiger partial charge is 0.0661 e. The number of likely N-dealkylation sites (N-methyl/N-ethyl adjacent to an activating group) is 1. The summed E-state index contributed by atoms with van der Waals surface area (Å²) in [5.74, 6) is 0. The van der Waals surface area contributed by atoms with E-state index >= 15 is 0 Å². The van der Waals surface area contributed by atoms with Gasteiger partial charge in [-0.1, -0.05) is 11.6 Å². The number of piperazine rings is 1. The topological polar surface area (TPSA) is 22.3 Å². The molecule has 1 N–H and O–H groups in total. The molecule has 0 atom stereocenters. The molecule has 0 radical (unpaired) electrons. The van der Waals surface area contributed by atoms with Crippen molar-refractivity contribution in [1.82, 2.24) is 9.88 Å². The summed E-state index contributed by atoms with van der Waals surface area (Å²) in [7, 11) is 2.19. The van der Waals surface area contributed by atoms with E-state index in [1.165, 1.54) is 16.8 Å². The number of hydrogen-bond acceptors (Lipinski definition) is 2. The molecule has 0 bridgehead atoms. The molecule has 1 fully saturated rings. The molecule has 4 heteroatoms. The van der Waals surface area contributed by atoms with Gasteiger partial charge in [0.25, 0.3) is 0 Å². The minimum absolute atomic E-state index is 0.779. The first-order valence-electron chi connectivity index (χ1n) is 7.44. The van der Waals surface area contributed by atoms with Gasteiger partial charge in [0.1, 0.15) is 0 Å². The molecule has 0 aliphatic carbocycles. The molecule has 2 aromatic rings. The molecule has 3 nitrogen and oxygen atoms in total. The molecular weight excluding hydrogens is 282 g/mol. The maximum Gasteiger partial charge on any atom is 0.0661 e. The summed E-state index contributed by atoms with van der Waals surface area (Å²) in [6, 6.07) is 6.37. The van der Waals surface area contributed by atoms with Crippen molar-refractivity contribution in [3.8, 4) is 11.3 Å². The number of nitrogens with zero attached hydrogens (tertiary/aromatic N) is 2. The fourth-order valence-corrected chi connectivity index (χ4v) is 3.43. The Morgan fingerprint density at radius 1 is 1.05 bits per heavy atom. The summed E-state index contributed by atoms with van der Waals surface area (Å²) in [6.07, 6.45) is 1.89. The van der Waals surface area contributed by atoms with Crippen molar-refractivity contribution in [2.24, 2.45) is 0 Å². The predicted octanol–water partition coefficient (Wildman–Crippen LogP) is 3.70. The van der Waals surface area contributed by atoms with Gasteiger partial charge in [-0.3, -0.25) is 0 Å². The second-order valence-electron chi connectivity index (χ2n) is 5.95. The number of aromatic nitrogens is 1. The monoisotopic (exact) mass is 303 g/mol. The largest absolute Gasteiger partial charge is 0.369 e. The molecule has 1 aliphatic rings. The lowest BCUT2D eigenvalue weighted by atomic mass is 10.0. The van der Waals surface area contributed by atoms with Crippen molar-refractivity contribution >= 4 is 17.3 Å². The zero-order valence-electron chi connectivity index (χ0n) is 12.9. The summed E-state index contributed by atoms with van der Waals surface area (Å²) in [6.45, 7) is 8.84. The first kappa shape index (κ1) is 14.5. The zero-order valence-corrected chi connectivity index (χ0v) is 13.7. The van der Waals surface area contributed by atoms with Crippen molar-refractivity contribution in [2.75, 3.05) is 38.1 Å². The van der Waals surface area contributed by atoms with Crippen molar-refractivity contribution in [3.63, 3.8) is 0 Å². The molecule has 21 heavy (non-hydrogen) atoms. The Bertz CT molecular complexity index is 616. The molecule has 1 saturated heterocycles. The van der Waals surface area contributed by atoms with Crippen LogP contribution in [-0.4, -0.2) is 43.1 Å². The first-order valence-corrected chi connectivity index (χ1v) is 7.82. The van der Waals surface area contributed by atoms with Crippen LogP contribution in [-0.2, 0) is 0 Å². The quantitative estimate of drug-likeness (QED) is 0.914. The lowest BCUT2D eigenvalue weighted by Gasteiger charge is -2.36. The number of H-pyrrole nitrogens is 1. The Balaban J connectivity index is 1.95. The summed E-state index contributed by atoms with van der Waals surface area (Å²) in [4.78, 5) is 8.12. The van der Waals surface area contributed by atoms with Gasteiger partial charge in [-0.2, -0.15) is 0 Å². The summed E-state index contributed by atoms with van der Waals surface area (Å²) in [5, 5.41) is 0.779. The van der Waals surface area contributed by atoms with E-state index in [0.29, 0.717) is 0 Å². The highest BCUT2D eigenvalue weighted by Gasteiger charge is 2.18. The maximum atomic E-state index is 6.24. The summed E-state index contributed by atoms with van der Waals surface area (Å²) >= 11 is 6.24. The van der Waals surface area contributed by atoms with Crippen LogP contribution in [0, 0.1) is 13.8 Å². The van der Waals surface area contributed by atoms with E-state index in [1.807, 2.05) is 12.3 Å². The van der Waals surface area contributed by atoms with E-state index in [9.17, 15) is 0 Å². The van der Waals surface area contributed by atoms with E-state index in [0.717, 1.165) is 42.5 Å². The van der Waals surface area contributed by atoms with Gasteiger partial charge in [0.2, 0.25) is 0 Å². The zero-order chi connectivity index (χ0) is 15.0. The molecule has 0 unspecified atom stereocenters. The van der Waals surface area contributed by atoms with Gasteiger partial charge in [-0.15, -0.1) is 0 Å². The van der Waals surface area contributed by atoms with Crippen LogP contribution < -0.4 is 4.90 Å². The van der Waals surface area contributed by atoms with E-state index in [1.54, 1.807) is 0 Å². The van der Waals surface area contributed by atoms with Crippen LogP contribution in [0.1, 0.15) is 11.1 Å². The Hall–Kier alpha value is -1.45. The number of halogens is 1. The number of hydrogen-bond donors (Lipinski definition) is 1. The van der Waals surface area contributed by atoms with E-state index < -0.39 is 0 Å². The third-order valence-electron chi connectivity index (χ3n) is 4.30. The van der Waals surface area contributed by atoms with E-state index in [4.69, 9.17) is 11.6 Å². The van der Waals surface area contributed by atoms with Crippen LogP contribution in [0.5, 0.6) is 0 Å². The fourth-order valence-electron chi connectivity index (χ4n) is 3.20. The summed E-state index contributed by atoms with van der Waals surface area (Å²) < 4.78 is 0. The van der Waals surface area contributed by atoms with Crippen LogP contribution in [0.15, 0.2) is 24.4 Å². The van der Waals surface area contributed by atoms with Gasteiger partial charge in [0.05, 0.1) is 10.7 Å². The maximum absolute atomic E-state index is 6.24. The van der Waals surface area contributed by atoms with E-state index in [-0.39, 0.29) is 0 Å². The highest BCUT2D eigenvalue weighted by atomic mass is 35.5.